The maximum Gasteiger partial charge on any atom is 0.139 e. The van der Waals surface area contributed by atoms with Gasteiger partial charge in [0.2, 0.25) is 0 Å². The minimum absolute atomic E-state index is 0.177. The van der Waals surface area contributed by atoms with Crippen molar-refractivity contribution in [1.82, 2.24) is 10.2 Å². The number of thioether (sulfide) groups is 1. The second-order valence-corrected chi connectivity index (χ2v) is 7.04. The summed E-state index contributed by atoms with van der Waals surface area (Å²) in [6.45, 7) is 0. The number of hydrogen-bond acceptors (Lipinski definition) is 4. The summed E-state index contributed by atoms with van der Waals surface area (Å²) in [5.74, 6) is 1.24. The number of aromatic nitrogens is 2. The molecule has 18 heavy (non-hydrogen) atoms. The van der Waals surface area contributed by atoms with E-state index < -0.39 is 0 Å². The molecule has 1 aromatic carbocycles. The summed E-state index contributed by atoms with van der Waals surface area (Å²) in [5, 5.41) is 11.0. The first-order chi connectivity index (χ1) is 8.84. The molecule has 1 aliphatic heterocycles. The fourth-order valence-electron chi connectivity index (χ4n) is 2.02. The number of benzene rings is 1. The van der Waals surface area contributed by atoms with E-state index >= 15 is 0 Å². The fraction of sp³-hybridized carbons (Fsp3) is 0.385. The Kier molecular flexibility index (Phi) is 3.87. The normalized spacial score (nSPS) is 21.1. The summed E-state index contributed by atoms with van der Waals surface area (Å²) in [6.07, 6.45) is 2.50. The van der Waals surface area contributed by atoms with Gasteiger partial charge in [0.15, 0.2) is 0 Å². The van der Waals surface area contributed by atoms with Crippen molar-refractivity contribution in [2.24, 2.45) is 0 Å². The van der Waals surface area contributed by atoms with Gasteiger partial charge < -0.3 is 0 Å². The first kappa shape index (κ1) is 12.5. The predicted molar refractivity (Wildman–Crippen MR) is 78.5 cm³/mol. The summed E-state index contributed by atoms with van der Waals surface area (Å²) >= 11 is 10.1. The van der Waals surface area contributed by atoms with Gasteiger partial charge in [-0.25, -0.2) is 0 Å². The molecule has 2 atom stereocenters. The van der Waals surface area contributed by atoms with E-state index in [-0.39, 0.29) is 5.38 Å². The van der Waals surface area contributed by atoms with Crippen molar-refractivity contribution in [2.75, 3.05) is 5.75 Å². The molecular weight excluding hydrogens is 284 g/mol. The zero-order valence-corrected chi connectivity index (χ0v) is 12.1. The van der Waals surface area contributed by atoms with Crippen LogP contribution in [0.5, 0.6) is 0 Å². The highest BCUT2D eigenvalue weighted by Crippen LogP contribution is 2.42. The van der Waals surface area contributed by atoms with Crippen molar-refractivity contribution in [3.05, 3.63) is 45.9 Å². The van der Waals surface area contributed by atoms with E-state index in [0.717, 1.165) is 15.6 Å². The topological polar surface area (TPSA) is 25.8 Å². The molecule has 0 bridgehead atoms. The molecule has 0 saturated carbocycles. The van der Waals surface area contributed by atoms with Crippen LogP contribution in [0.1, 0.15) is 39.0 Å². The highest BCUT2D eigenvalue weighted by molar-refractivity contribution is 7.99. The van der Waals surface area contributed by atoms with Gasteiger partial charge >= 0.3 is 0 Å². The number of alkyl halides is 1. The molecule has 94 valence electrons. The quantitative estimate of drug-likeness (QED) is 0.783. The van der Waals surface area contributed by atoms with Gasteiger partial charge in [0.25, 0.3) is 0 Å². The lowest BCUT2D eigenvalue weighted by atomic mass is 10.1. The van der Waals surface area contributed by atoms with Crippen molar-refractivity contribution in [1.29, 1.82) is 0 Å². The number of halogens is 1. The van der Waals surface area contributed by atoms with Crippen LogP contribution in [0.2, 0.25) is 0 Å². The lowest BCUT2D eigenvalue weighted by Gasteiger charge is -2.05. The molecule has 3 rings (SSSR count). The van der Waals surface area contributed by atoms with E-state index in [2.05, 4.69) is 10.2 Å². The minimum atomic E-state index is -0.177. The number of nitrogens with zero attached hydrogens (tertiary/aromatic N) is 2. The number of rotatable bonds is 3. The molecule has 0 radical (unpaired) electrons. The van der Waals surface area contributed by atoms with Crippen LogP contribution in [-0.2, 0) is 0 Å². The van der Waals surface area contributed by atoms with Crippen LogP contribution in [0.25, 0.3) is 0 Å². The Balaban J connectivity index is 1.80. The molecule has 1 aromatic heterocycles. The lowest BCUT2D eigenvalue weighted by Crippen LogP contribution is -1.91. The smallest absolute Gasteiger partial charge is 0.139 e. The molecular formula is C13H13ClN2S2. The van der Waals surface area contributed by atoms with Gasteiger partial charge in [0.1, 0.15) is 15.4 Å². The van der Waals surface area contributed by atoms with Gasteiger partial charge in [0, 0.05) is 0 Å². The van der Waals surface area contributed by atoms with E-state index in [1.807, 2.05) is 42.1 Å². The van der Waals surface area contributed by atoms with Crippen molar-refractivity contribution >= 4 is 34.7 Å². The zero-order chi connectivity index (χ0) is 12.4. The molecule has 5 heteroatoms. The van der Waals surface area contributed by atoms with Crippen LogP contribution in [0.15, 0.2) is 30.3 Å². The van der Waals surface area contributed by atoms with Crippen LogP contribution < -0.4 is 0 Å². The van der Waals surface area contributed by atoms with Crippen molar-refractivity contribution in [3.8, 4) is 0 Å². The summed E-state index contributed by atoms with van der Waals surface area (Å²) in [6, 6.07) is 10.1. The number of hydrogen-bond donors (Lipinski definition) is 0. The summed E-state index contributed by atoms with van der Waals surface area (Å²) in [5.41, 5.74) is 1.08. The van der Waals surface area contributed by atoms with Crippen LogP contribution >= 0.6 is 34.7 Å². The van der Waals surface area contributed by atoms with Crippen LogP contribution in [0, 0.1) is 0 Å². The SMILES string of the molecule is ClC(c1ccccc1)c1nnc(C2CCCS2)s1. The molecule has 2 heterocycles. The Morgan fingerprint density at radius 2 is 2.06 bits per heavy atom. The third-order valence-corrected chi connectivity index (χ3v) is 6.20. The van der Waals surface area contributed by atoms with Gasteiger partial charge in [-0.1, -0.05) is 41.7 Å². The van der Waals surface area contributed by atoms with Gasteiger partial charge in [-0.2, -0.15) is 11.8 Å². The van der Waals surface area contributed by atoms with E-state index in [0.29, 0.717) is 5.25 Å². The average molecular weight is 297 g/mol. The van der Waals surface area contributed by atoms with E-state index in [1.165, 1.54) is 18.6 Å². The van der Waals surface area contributed by atoms with Crippen molar-refractivity contribution < 1.29 is 0 Å². The Labute approximate surface area is 120 Å². The average Bonchev–Trinajstić information content (AvgIpc) is 3.09. The maximum absolute atomic E-state index is 6.45. The first-order valence-corrected chi connectivity index (χ1v) is 8.28. The van der Waals surface area contributed by atoms with Crippen LogP contribution in [-0.4, -0.2) is 16.0 Å². The summed E-state index contributed by atoms with van der Waals surface area (Å²) in [7, 11) is 0. The van der Waals surface area contributed by atoms with E-state index in [1.54, 1.807) is 11.3 Å². The third kappa shape index (κ3) is 2.56. The van der Waals surface area contributed by atoms with Gasteiger partial charge in [0.05, 0.1) is 5.25 Å². The van der Waals surface area contributed by atoms with Gasteiger partial charge in [-0.05, 0) is 24.2 Å². The van der Waals surface area contributed by atoms with E-state index in [4.69, 9.17) is 11.6 Å². The molecule has 0 spiro atoms. The highest BCUT2D eigenvalue weighted by Gasteiger charge is 2.24. The van der Waals surface area contributed by atoms with E-state index in [9.17, 15) is 0 Å². The second-order valence-electron chi connectivity index (χ2n) is 4.25. The Bertz CT molecular complexity index is 509. The van der Waals surface area contributed by atoms with Crippen molar-refractivity contribution in [2.45, 2.75) is 23.5 Å². The monoisotopic (exact) mass is 296 g/mol. The molecule has 2 aromatic rings. The Morgan fingerprint density at radius 3 is 2.78 bits per heavy atom. The van der Waals surface area contributed by atoms with Crippen molar-refractivity contribution in [3.63, 3.8) is 0 Å². The first-order valence-electron chi connectivity index (χ1n) is 5.98. The molecule has 2 nitrogen and oxygen atoms in total. The third-order valence-electron chi connectivity index (χ3n) is 2.97. The molecule has 2 unspecified atom stereocenters. The largest absolute Gasteiger partial charge is 0.151 e. The standard InChI is InChI=1S/C13H13ClN2S2/c14-11(9-5-2-1-3-6-9)13-16-15-12(18-13)10-7-4-8-17-10/h1-3,5-6,10-11H,4,7-8H2. The van der Waals surface area contributed by atoms with Gasteiger partial charge in [-0.3, -0.25) is 0 Å². The maximum atomic E-state index is 6.45. The molecule has 0 aliphatic carbocycles. The Hall–Kier alpha value is -0.580. The molecule has 0 N–H and O–H groups in total. The summed E-state index contributed by atoms with van der Waals surface area (Å²) in [4.78, 5) is 0. The van der Waals surface area contributed by atoms with Crippen LogP contribution in [0.3, 0.4) is 0 Å². The zero-order valence-electron chi connectivity index (χ0n) is 9.75. The minimum Gasteiger partial charge on any atom is -0.151 e. The molecule has 0 amide bonds. The molecule has 1 fully saturated rings. The molecule has 1 aliphatic rings. The second kappa shape index (κ2) is 5.59. The lowest BCUT2D eigenvalue weighted by molar-refractivity contribution is 0.805. The highest BCUT2D eigenvalue weighted by atomic mass is 35.5. The predicted octanol–water partition coefficient (Wildman–Crippen LogP) is 4.43. The fourth-order valence-corrected chi connectivity index (χ4v) is 4.69. The Morgan fingerprint density at radius 1 is 1.22 bits per heavy atom. The summed E-state index contributed by atoms with van der Waals surface area (Å²) < 4.78 is 0. The van der Waals surface area contributed by atoms with Crippen LogP contribution in [0.4, 0.5) is 0 Å². The molecule has 1 saturated heterocycles. The van der Waals surface area contributed by atoms with Gasteiger partial charge in [-0.15, -0.1) is 21.8 Å².